The van der Waals surface area contributed by atoms with E-state index in [1.165, 1.54) is 6.07 Å². The molecule has 0 fully saturated rings. The van der Waals surface area contributed by atoms with Crippen LogP contribution in [0, 0.1) is 0 Å². The number of hydrogen-bond acceptors (Lipinski definition) is 4. The Balaban J connectivity index is 2.84. The number of aromatic nitrogens is 1. The van der Waals surface area contributed by atoms with Crippen LogP contribution in [0.15, 0.2) is 30.3 Å². The van der Waals surface area contributed by atoms with Crippen molar-refractivity contribution in [1.29, 1.82) is 0 Å². The number of para-hydroxylation sites is 1. The third kappa shape index (κ3) is 1.26. The lowest BCUT2D eigenvalue weighted by Gasteiger charge is -2.06. The molecule has 14 heavy (non-hydrogen) atoms. The van der Waals surface area contributed by atoms with Crippen LogP contribution in [0.1, 0.15) is 10.4 Å². The average Bonchev–Trinajstić information content (AvgIpc) is 2.16. The second-order valence-electron chi connectivity index (χ2n) is 2.90. The third-order valence-electron chi connectivity index (χ3n) is 1.96. The first-order chi connectivity index (χ1) is 6.68. The molecule has 1 heterocycles. The van der Waals surface area contributed by atoms with Gasteiger partial charge in [-0.15, -0.1) is 0 Å². The second-order valence-corrected chi connectivity index (χ2v) is 2.90. The quantitative estimate of drug-likeness (QED) is 0.690. The minimum atomic E-state index is -1.24. The van der Waals surface area contributed by atoms with Crippen molar-refractivity contribution in [2.24, 2.45) is 0 Å². The highest BCUT2D eigenvalue weighted by Crippen LogP contribution is 2.17. The lowest BCUT2D eigenvalue weighted by atomic mass is 10.1. The standard InChI is InChI=1S/C10H8N2O2/c11-8-5-4-6-2-1-3-7(10(13)14)9(6)12-8/h1-5H,(H2,11,12)(H,13,14)/p-1. The Hall–Kier alpha value is -2.10. The Labute approximate surface area is 80.0 Å². The number of carboxylic acids is 1. The topological polar surface area (TPSA) is 79.0 Å². The molecule has 0 aliphatic rings. The van der Waals surface area contributed by atoms with Gasteiger partial charge in [-0.2, -0.15) is 0 Å². The second kappa shape index (κ2) is 2.99. The van der Waals surface area contributed by atoms with Gasteiger partial charge in [0, 0.05) is 10.9 Å². The largest absolute Gasteiger partial charge is 0.545 e. The summed E-state index contributed by atoms with van der Waals surface area (Å²) in [5.41, 5.74) is 5.90. The van der Waals surface area contributed by atoms with Crippen LogP contribution in [0.4, 0.5) is 5.82 Å². The van der Waals surface area contributed by atoms with E-state index < -0.39 is 5.97 Å². The molecule has 1 aromatic heterocycles. The van der Waals surface area contributed by atoms with E-state index >= 15 is 0 Å². The first kappa shape index (κ1) is 8.50. The van der Waals surface area contributed by atoms with Crippen LogP contribution in [-0.4, -0.2) is 11.0 Å². The molecule has 0 spiro atoms. The maximum Gasteiger partial charge on any atom is 0.124 e. The van der Waals surface area contributed by atoms with Gasteiger partial charge in [-0.3, -0.25) is 0 Å². The molecule has 0 bridgehead atoms. The zero-order valence-electron chi connectivity index (χ0n) is 7.23. The Bertz CT molecular complexity index is 508. The maximum atomic E-state index is 10.7. The fourth-order valence-electron chi connectivity index (χ4n) is 1.33. The summed E-state index contributed by atoms with van der Waals surface area (Å²) >= 11 is 0. The van der Waals surface area contributed by atoms with E-state index in [2.05, 4.69) is 4.98 Å². The van der Waals surface area contributed by atoms with E-state index in [-0.39, 0.29) is 5.56 Å². The lowest BCUT2D eigenvalue weighted by molar-refractivity contribution is -0.254. The van der Waals surface area contributed by atoms with Crippen molar-refractivity contribution >= 4 is 22.7 Å². The predicted octanol–water partition coefficient (Wildman–Crippen LogP) is 0.180. The third-order valence-corrected chi connectivity index (χ3v) is 1.96. The fourth-order valence-corrected chi connectivity index (χ4v) is 1.33. The molecule has 2 rings (SSSR count). The molecule has 0 aliphatic heterocycles. The zero-order chi connectivity index (χ0) is 10.1. The molecule has 0 unspecified atom stereocenters. The molecule has 70 valence electrons. The van der Waals surface area contributed by atoms with E-state index in [1.54, 1.807) is 24.3 Å². The number of rotatable bonds is 1. The molecule has 0 saturated carbocycles. The van der Waals surface area contributed by atoms with E-state index in [0.29, 0.717) is 11.3 Å². The number of carbonyl (C=O) groups is 1. The number of benzene rings is 1. The maximum absolute atomic E-state index is 10.7. The number of aromatic carboxylic acids is 1. The molecule has 2 aromatic rings. The Kier molecular flexibility index (Phi) is 1.81. The number of nitrogens with two attached hydrogens (primary N) is 1. The zero-order valence-corrected chi connectivity index (χ0v) is 7.23. The van der Waals surface area contributed by atoms with Gasteiger partial charge >= 0.3 is 0 Å². The van der Waals surface area contributed by atoms with Crippen LogP contribution in [0.25, 0.3) is 10.9 Å². The fraction of sp³-hybridized carbons (Fsp3) is 0. The van der Waals surface area contributed by atoms with E-state index in [4.69, 9.17) is 5.73 Å². The number of nitrogen functional groups attached to an aromatic ring is 1. The van der Waals surface area contributed by atoms with Crippen LogP contribution in [0.3, 0.4) is 0 Å². The number of hydrogen-bond donors (Lipinski definition) is 1. The molecule has 0 radical (unpaired) electrons. The highest BCUT2D eigenvalue weighted by Gasteiger charge is 2.02. The highest BCUT2D eigenvalue weighted by atomic mass is 16.4. The summed E-state index contributed by atoms with van der Waals surface area (Å²) in [6.07, 6.45) is 0. The monoisotopic (exact) mass is 187 g/mol. The predicted molar refractivity (Wildman–Crippen MR) is 50.5 cm³/mol. The SMILES string of the molecule is Nc1ccc2cccc(C(=O)[O-])c2n1. The molecule has 0 saturated heterocycles. The van der Waals surface area contributed by atoms with Crippen molar-refractivity contribution < 1.29 is 9.90 Å². The Morgan fingerprint density at radius 2 is 2.07 bits per heavy atom. The summed E-state index contributed by atoms with van der Waals surface area (Å²) < 4.78 is 0. The van der Waals surface area contributed by atoms with Gasteiger partial charge in [0.2, 0.25) is 0 Å². The molecule has 4 heteroatoms. The van der Waals surface area contributed by atoms with Crippen LogP contribution in [0.5, 0.6) is 0 Å². The van der Waals surface area contributed by atoms with Gasteiger partial charge in [-0.1, -0.05) is 18.2 Å². The number of carboxylic acid groups (broad SMARTS) is 1. The minimum Gasteiger partial charge on any atom is -0.545 e. The van der Waals surface area contributed by atoms with Crippen LogP contribution in [-0.2, 0) is 0 Å². The summed E-state index contributed by atoms with van der Waals surface area (Å²) in [6, 6.07) is 8.22. The average molecular weight is 187 g/mol. The van der Waals surface area contributed by atoms with Gasteiger partial charge in [0.1, 0.15) is 5.82 Å². The summed E-state index contributed by atoms with van der Waals surface area (Å²) in [4.78, 5) is 14.7. The van der Waals surface area contributed by atoms with Crippen LogP contribution >= 0.6 is 0 Å². The number of carbonyl (C=O) groups excluding carboxylic acids is 1. The first-order valence-corrected chi connectivity index (χ1v) is 4.05. The van der Waals surface area contributed by atoms with E-state index in [0.717, 1.165) is 5.39 Å². The van der Waals surface area contributed by atoms with Crippen molar-refractivity contribution in [2.45, 2.75) is 0 Å². The molecular weight excluding hydrogens is 180 g/mol. The van der Waals surface area contributed by atoms with Gasteiger partial charge in [0.05, 0.1) is 11.5 Å². The van der Waals surface area contributed by atoms with Gasteiger partial charge in [0.25, 0.3) is 0 Å². The summed E-state index contributed by atoms with van der Waals surface area (Å²) in [5, 5.41) is 11.5. The molecule has 2 N–H and O–H groups in total. The number of nitrogens with zero attached hydrogens (tertiary/aromatic N) is 1. The molecule has 0 amide bonds. The summed E-state index contributed by atoms with van der Waals surface area (Å²) in [5.74, 6) is -0.945. The van der Waals surface area contributed by atoms with E-state index in [9.17, 15) is 9.90 Å². The van der Waals surface area contributed by atoms with Gasteiger partial charge < -0.3 is 15.6 Å². The van der Waals surface area contributed by atoms with E-state index in [1.807, 2.05) is 0 Å². The molecule has 0 aliphatic carbocycles. The minimum absolute atomic E-state index is 0.0646. The lowest BCUT2D eigenvalue weighted by Crippen LogP contribution is -2.22. The van der Waals surface area contributed by atoms with Crippen LogP contribution in [0.2, 0.25) is 0 Å². The van der Waals surface area contributed by atoms with Gasteiger partial charge in [-0.05, 0) is 12.1 Å². The highest BCUT2D eigenvalue weighted by molar-refractivity contribution is 6.01. The first-order valence-electron chi connectivity index (χ1n) is 4.05. The number of fused-ring (bicyclic) bond motifs is 1. The van der Waals surface area contributed by atoms with Gasteiger partial charge in [0.15, 0.2) is 0 Å². The smallest absolute Gasteiger partial charge is 0.124 e. The molecular formula is C10H7N2O2-. The van der Waals surface area contributed by atoms with Crippen LogP contribution < -0.4 is 10.8 Å². The van der Waals surface area contributed by atoms with Crippen molar-refractivity contribution in [3.8, 4) is 0 Å². The molecule has 4 nitrogen and oxygen atoms in total. The Morgan fingerprint density at radius 3 is 2.79 bits per heavy atom. The normalized spacial score (nSPS) is 10.3. The van der Waals surface area contributed by atoms with Crippen molar-refractivity contribution in [2.75, 3.05) is 5.73 Å². The van der Waals surface area contributed by atoms with Crippen molar-refractivity contribution in [3.05, 3.63) is 35.9 Å². The van der Waals surface area contributed by atoms with Crippen molar-refractivity contribution in [3.63, 3.8) is 0 Å². The summed E-state index contributed by atoms with van der Waals surface area (Å²) in [7, 11) is 0. The number of pyridine rings is 1. The van der Waals surface area contributed by atoms with Crippen molar-refractivity contribution in [1.82, 2.24) is 4.98 Å². The molecule has 0 atom stereocenters. The Morgan fingerprint density at radius 1 is 1.29 bits per heavy atom. The number of anilines is 1. The molecule has 1 aromatic carbocycles. The summed E-state index contributed by atoms with van der Waals surface area (Å²) in [6.45, 7) is 0. The van der Waals surface area contributed by atoms with Gasteiger partial charge in [-0.25, -0.2) is 4.98 Å².